The molecule has 0 saturated heterocycles. The lowest BCUT2D eigenvalue weighted by atomic mass is 9.96. The van der Waals surface area contributed by atoms with Crippen LogP contribution in [0.3, 0.4) is 0 Å². The number of amides is 1. The summed E-state index contributed by atoms with van der Waals surface area (Å²) >= 11 is 0. The number of benzene rings is 2. The summed E-state index contributed by atoms with van der Waals surface area (Å²) in [5.41, 5.74) is 2.69. The second-order valence-corrected chi connectivity index (χ2v) is 13.6. The highest BCUT2D eigenvalue weighted by atomic mass is 32.2. The van der Waals surface area contributed by atoms with E-state index < -0.39 is 15.6 Å². The standard InChI is InChI=1S/C34H44N4O7S/c1-7-9-12-31-35-34(15-10-11-16-34)33(39)38(31)20-24-13-14-26(25(17-24)21-44-8-2)27-18-28(42-5)29(43-6)19-30(27)46(40,41)37-32-22(3)23(4)45-36-32/h13-14,17-19H,7-12,15-16,20-21H2,1-6H3,(H,36,37). The Kier molecular flexibility index (Phi) is 10.1. The van der Waals surface area contributed by atoms with Crippen LogP contribution >= 0.6 is 0 Å². The van der Waals surface area contributed by atoms with Gasteiger partial charge in [0.25, 0.3) is 15.9 Å². The Bertz CT molecular complexity index is 1720. The van der Waals surface area contributed by atoms with Crippen LogP contribution in [0, 0.1) is 13.8 Å². The minimum atomic E-state index is -4.18. The molecule has 1 N–H and O–H groups in total. The number of aliphatic imine (C=N–C) groups is 1. The molecule has 1 fully saturated rings. The van der Waals surface area contributed by atoms with E-state index in [1.54, 1.807) is 19.9 Å². The van der Waals surface area contributed by atoms with Gasteiger partial charge in [-0.3, -0.25) is 19.4 Å². The number of ether oxygens (including phenoxy) is 3. The first-order valence-electron chi connectivity index (χ1n) is 15.9. The van der Waals surface area contributed by atoms with Crippen LogP contribution in [-0.2, 0) is 32.7 Å². The third kappa shape index (κ3) is 6.50. The van der Waals surface area contributed by atoms with Gasteiger partial charge in [-0.15, -0.1) is 0 Å². The van der Waals surface area contributed by atoms with Crippen molar-refractivity contribution in [2.75, 3.05) is 25.5 Å². The SMILES string of the molecule is CCCCC1=NC2(CCCC2)C(=O)N1Cc1ccc(-c2cc(OC)c(OC)cc2S(=O)(=O)Nc2noc(C)c2C)c(COCC)c1. The molecule has 5 rings (SSSR count). The third-order valence-electron chi connectivity index (χ3n) is 8.91. The lowest BCUT2D eigenvalue weighted by molar-refractivity contribution is -0.131. The zero-order chi connectivity index (χ0) is 33.1. The van der Waals surface area contributed by atoms with Crippen LogP contribution in [0.25, 0.3) is 11.1 Å². The van der Waals surface area contributed by atoms with Gasteiger partial charge >= 0.3 is 0 Å². The number of amidine groups is 1. The molecular formula is C34H44N4O7S. The molecule has 1 aliphatic carbocycles. The number of aromatic nitrogens is 1. The zero-order valence-corrected chi connectivity index (χ0v) is 28.4. The molecular weight excluding hydrogens is 608 g/mol. The van der Waals surface area contributed by atoms with E-state index in [1.807, 2.05) is 30.0 Å². The number of nitrogens with zero attached hydrogens (tertiary/aromatic N) is 3. The van der Waals surface area contributed by atoms with Gasteiger partial charge in [0.2, 0.25) is 0 Å². The van der Waals surface area contributed by atoms with Gasteiger partial charge in [0.1, 0.15) is 17.1 Å². The summed E-state index contributed by atoms with van der Waals surface area (Å²) in [5, 5.41) is 3.90. The molecule has 11 nitrogen and oxygen atoms in total. The summed E-state index contributed by atoms with van der Waals surface area (Å²) in [5.74, 6) is 2.20. The van der Waals surface area contributed by atoms with Gasteiger partial charge in [0.05, 0.1) is 32.3 Å². The number of methoxy groups -OCH3 is 2. The summed E-state index contributed by atoms with van der Waals surface area (Å²) in [4.78, 5) is 20.6. The van der Waals surface area contributed by atoms with Crippen molar-refractivity contribution in [1.29, 1.82) is 0 Å². The zero-order valence-electron chi connectivity index (χ0n) is 27.6. The predicted molar refractivity (Wildman–Crippen MR) is 176 cm³/mol. The first-order valence-corrected chi connectivity index (χ1v) is 17.4. The van der Waals surface area contributed by atoms with Crippen molar-refractivity contribution in [3.63, 3.8) is 0 Å². The van der Waals surface area contributed by atoms with Crippen LogP contribution < -0.4 is 14.2 Å². The number of sulfonamides is 1. The molecule has 1 aromatic heterocycles. The highest BCUT2D eigenvalue weighted by Crippen LogP contribution is 2.42. The second-order valence-electron chi connectivity index (χ2n) is 11.9. The van der Waals surface area contributed by atoms with Gasteiger partial charge in [0, 0.05) is 30.2 Å². The first-order chi connectivity index (χ1) is 22.1. The molecule has 3 aromatic rings. The lowest BCUT2D eigenvalue weighted by Crippen LogP contribution is -2.40. The molecule has 0 radical (unpaired) electrons. The Morgan fingerprint density at radius 1 is 1.02 bits per heavy atom. The Hall–Kier alpha value is -3.90. The summed E-state index contributed by atoms with van der Waals surface area (Å²) in [6, 6.07) is 8.89. The normalized spacial score (nSPS) is 15.9. The Morgan fingerprint density at radius 2 is 1.74 bits per heavy atom. The summed E-state index contributed by atoms with van der Waals surface area (Å²) in [6.07, 6.45) is 6.36. The number of carbonyl (C=O) groups is 1. The van der Waals surface area contributed by atoms with Crippen LogP contribution in [0.2, 0.25) is 0 Å². The topological polar surface area (TPSA) is 133 Å². The molecule has 2 aromatic carbocycles. The minimum Gasteiger partial charge on any atom is -0.493 e. The predicted octanol–water partition coefficient (Wildman–Crippen LogP) is 6.56. The third-order valence-corrected chi connectivity index (χ3v) is 10.3. The van der Waals surface area contributed by atoms with Crippen LogP contribution in [0.15, 0.2) is 44.7 Å². The van der Waals surface area contributed by atoms with Crippen LogP contribution in [-0.4, -0.2) is 56.6 Å². The molecule has 46 heavy (non-hydrogen) atoms. The number of rotatable bonds is 14. The first kappa shape index (κ1) is 33.5. The van der Waals surface area contributed by atoms with Gasteiger partial charge in [-0.25, -0.2) is 8.42 Å². The molecule has 12 heteroatoms. The molecule has 2 aliphatic rings. The van der Waals surface area contributed by atoms with E-state index in [0.717, 1.165) is 61.9 Å². The van der Waals surface area contributed by atoms with Gasteiger partial charge in [0.15, 0.2) is 17.3 Å². The van der Waals surface area contributed by atoms with E-state index in [1.165, 1.54) is 20.3 Å². The van der Waals surface area contributed by atoms with Crippen molar-refractivity contribution < 1.29 is 31.9 Å². The lowest BCUT2D eigenvalue weighted by Gasteiger charge is -2.23. The number of hydrogen-bond acceptors (Lipinski definition) is 9. The number of aryl methyl sites for hydroxylation is 1. The van der Waals surface area contributed by atoms with Crippen molar-refractivity contribution in [2.24, 2.45) is 4.99 Å². The van der Waals surface area contributed by atoms with Crippen molar-refractivity contribution in [2.45, 2.75) is 96.2 Å². The molecule has 1 aliphatic heterocycles. The average molecular weight is 653 g/mol. The van der Waals surface area contributed by atoms with Gasteiger partial charge in [-0.1, -0.05) is 49.5 Å². The molecule has 0 bridgehead atoms. The number of hydrogen-bond donors (Lipinski definition) is 1. The highest BCUT2D eigenvalue weighted by molar-refractivity contribution is 7.92. The quantitative estimate of drug-likeness (QED) is 0.207. The van der Waals surface area contributed by atoms with Gasteiger partial charge in [-0.05, 0) is 62.8 Å². The maximum Gasteiger partial charge on any atom is 0.263 e. The number of unbranched alkanes of at least 4 members (excludes halogenated alkanes) is 1. The Balaban J connectivity index is 1.57. The fourth-order valence-electron chi connectivity index (χ4n) is 6.21. The van der Waals surface area contributed by atoms with Gasteiger partial charge < -0.3 is 18.7 Å². The minimum absolute atomic E-state index is 0.0254. The summed E-state index contributed by atoms with van der Waals surface area (Å²) in [7, 11) is -1.22. The maximum absolute atomic E-state index is 14.0. The van der Waals surface area contributed by atoms with Crippen LogP contribution in [0.4, 0.5) is 5.82 Å². The van der Waals surface area contributed by atoms with E-state index in [9.17, 15) is 13.2 Å². The van der Waals surface area contributed by atoms with Crippen LogP contribution in [0.5, 0.6) is 11.5 Å². The van der Waals surface area contributed by atoms with E-state index in [0.29, 0.717) is 41.4 Å². The molecule has 1 spiro atoms. The van der Waals surface area contributed by atoms with Crippen molar-refractivity contribution >= 4 is 27.6 Å². The van der Waals surface area contributed by atoms with E-state index in [4.69, 9.17) is 23.7 Å². The monoisotopic (exact) mass is 652 g/mol. The van der Waals surface area contributed by atoms with Crippen molar-refractivity contribution in [3.05, 3.63) is 52.8 Å². The molecule has 0 atom stereocenters. The van der Waals surface area contributed by atoms with Crippen LogP contribution in [0.1, 0.15) is 81.2 Å². The fourth-order valence-corrected chi connectivity index (χ4v) is 7.48. The van der Waals surface area contributed by atoms with Gasteiger partial charge in [-0.2, -0.15) is 0 Å². The largest absolute Gasteiger partial charge is 0.493 e. The average Bonchev–Trinajstić information content (AvgIpc) is 3.73. The second kappa shape index (κ2) is 13.8. The number of anilines is 1. The summed E-state index contributed by atoms with van der Waals surface area (Å²) in [6.45, 7) is 8.57. The maximum atomic E-state index is 14.0. The molecule has 1 amide bonds. The van der Waals surface area contributed by atoms with E-state index >= 15 is 0 Å². The highest BCUT2D eigenvalue weighted by Gasteiger charge is 2.49. The van der Waals surface area contributed by atoms with Crippen molar-refractivity contribution in [3.8, 4) is 22.6 Å². The molecule has 2 heterocycles. The number of nitrogens with one attached hydrogen (secondary N) is 1. The Labute approximate surface area is 271 Å². The fraction of sp³-hybridized carbons (Fsp3) is 0.500. The smallest absolute Gasteiger partial charge is 0.263 e. The molecule has 1 saturated carbocycles. The molecule has 0 unspecified atom stereocenters. The van der Waals surface area contributed by atoms with Crippen molar-refractivity contribution in [1.82, 2.24) is 10.1 Å². The molecule has 248 valence electrons. The number of carbonyl (C=O) groups excluding carboxylic acids is 1. The van der Waals surface area contributed by atoms with E-state index in [-0.39, 0.29) is 29.0 Å². The summed E-state index contributed by atoms with van der Waals surface area (Å²) < 4.78 is 52.6. The van der Waals surface area contributed by atoms with E-state index in [2.05, 4.69) is 16.8 Å². The Morgan fingerprint density at radius 3 is 2.37 bits per heavy atom.